The summed E-state index contributed by atoms with van der Waals surface area (Å²) in [5.74, 6) is 1.17. The maximum atomic E-state index is 13.6. The Labute approximate surface area is 257 Å². The minimum Gasteiger partial charge on any atom is -0.502 e. The van der Waals surface area contributed by atoms with Crippen molar-refractivity contribution in [2.45, 2.75) is 97.2 Å². The van der Waals surface area contributed by atoms with E-state index < -0.39 is 5.41 Å². The van der Waals surface area contributed by atoms with Gasteiger partial charge in [-0.1, -0.05) is 20.8 Å². The second-order valence-corrected chi connectivity index (χ2v) is 16.0. The highest BCUT2D eigenvalue weighted by Crippen LogP contribution is 2.89. The number of phenolic OH excluding ortho intramolecular Hbond substituents is 1. The molecule has 11 unspecified atom stereocenters. The highest BCUT2D eigenvalue weighted by Gasteiger charge is 2.83. The fourth-order valence-electron chi connectivity index (χ4n) is 12.2. The largest absolute Gasteiger partial charge is 0.502 e. The SMILES string of the molecule is COc1cc(C(=O)NC2CCC34CC35CCC3(C)C(C(C)N(C)C)C(O)CC3(C)C5CCC4C2(C)CO)cc(OC)c1O. The van der Waals surface area contributed by atoms with E-state index in [0.29, 0.717) is 23.4 Å². The van der Waals surface area contributed by atoms with Crippen molar-refractivity contribution in [3.8, 4) is 17.2 Å². The molecule has 240 valence electrons. The molecule has 6 rings (SSSR count). The van der Waals surface area contributed by atoms with Crippen molar-refractivity contribution < 1.29 is 29.6 Å². The summed E-state index contributed by atoms with van der Waals surface area (Å²) in [6.07, 6.45) is 8.23. The van der Waals surface area contributed by atoms with Crippen molar-refractivity contribution in [1.29, 1.82) is 0 Å². The van der Waals surface area contributed by atoms with Crippen molar-refractivity contribution in [1.82, 2.24) is 10.2 Å². The highest BCUT2D eigenvalue weighted by atomic mass is 16.5. The van der Waals surface area contributed by atoms with Gasteiger partial charge < -0.3 is 35.0 Å². The number of carbonyl (C=O) groups is 1. The molecular weight excluding hydrogens is 544 g/mol. The molecule has 0 radical (unpaired) electrons. The van der Waals surface area contributed by atoms with Gasteiger partial charge in [-0.05, 0) is 118 Å². The monoisotopic (exact) mass is 598 g/mol. The molecule has 1 aromatic rings. The van der Waals surface area contributed by atoms with Gasteiger partial charge in [0.05, 0.1) is 26.9 Å². The lowest BCUT2D eigenvalue weighted by Gasteiger charge is -2.63. The van der Waals surface area contributed by atoms with Crippen LogP contribution in [0.15, 0.2) is 12.1 Å². The van der Waals surface area contributed by atoms with Gasteiger partial charge in [-0.25, -0.2) is 0 Å². The number of ether oxygens (including phenoxy) is 2. The Morgan fingerprint density at radius 2 is 1.60 bits per heavy atom. The second-order valence-electron chi connectivity index (χ2n) is 16.0. The Kier molecular flexibility index (Phi) is 7.19. The number of rotatable bonds is 7. The lowest BCUT2D eigenvalue weighted by Crippen LogP contribution is -2.62. The zero-order chi connectivity index (χ0) is 31.3. The zero-order valence-electron chi connectivity index (χ0n) is 27.5. The molecule has 0 aromatic heterocycles. The molecule has 5 aliphatic carbocycles. The molecule has 8 heteroatoms. The average Bonchev–Trinajstić information content (AvgIpc) is 3.59. The predicted molar refractivity (Wildman–Crippen MR) is 165 cm³/mol. The Balaban J connectivity index is 1.27. The van der Waals surface area contributed by atoms with E-state index in [1.54, 1.807) is 0 Å². The first-order chi connectivity index (χ1) is 20.2. The van der Waals surface area contributed by atoms with Gasteiger partial charge in [0.25, 0.3) is 5.91 Å². The summed E-state index contributed by atoms with van der Waals surface area (Å²) in [5.41, 5.74) is 0.571. The second kappa shape index (κ2) is 9.98. The quantitative estimate of drug-likeness (QED) is 0.356. The number of fused-ring (bicyclic) bond motifs is 2. The Hall–Kier alpha value is -2.03. The standard InChI is InChI=1S/C35H54N2O6/c1-20(37(5)6)28-22(39)17-33(4)26-10-9-25-31(2,19-38)27(11-12-34(25)18-35(26,34)14-13-32(28,33)3)36-30(41)21-15-23(42-7)29(40)24(16-21)43-8/h15-16,20,22,25-28,38-40H,9-14,17-19H2,1-8H3,(H,36,41). The predicted octanol–water partition coefficient (Wildman–Crippen LogP) is 4.84. The fourth-order valence-corrected chi connectivity index (χ4v) is 12.2. The van der Waals surface area contributed by atoms with Crippen LogP contribution in [-0.4, -0.2) is 79.2 Å². The topological polar surface area (TPSA) is 111 Å². The molecule has 4 N–H and O–H groups in total. The molecule has 5 fully saturated rings. The molecule has 5 saturated carbocycles. The third kappa shape index (κ3) is 3.87. The van der Waals surface area contributed by atoms with E-state index in [0.717, 1.165) is 38.5 Å². The van der Waals surface area contributed by atoms with Crippen LogP contribution < -0.4 is 14.8 Å². The van der Waals surface area contributed by atoms with Crippen LogP contribution in [0.4, 0.5) is 0 Å². The number of nitrogens with zero attached hydrogens (tertiary/aromatic N) is 1. The molecule has 0 heterocycles. The Morgan fingerprint density at radius 1 is 1.00 bits per heavy atom. The molecule has 1 amide bonds. The molecular formula is C35H54N2O6. The Morgan fingerprint density at radius 3 is 2.19 bits per heavy atom. The van der Waals surface area contributed by atoms with E-state index in [4.69, 9.17) is 9.47 Å². The summed E-state index contributed by atoms with van der Waals surface area (Å²) in [5, 5.41) is 36.2. The van der Waals surface area contributed by atoms with E-state index in [9.17, 15) is 20.1 Å². The fraction of sp³-hybridized carbons (Fsp3) is 0.800. The lowest BCUT2D eigenvalue weighted by atomic mass is 9.41. The van der Waals surface area contributed by atoms with Gasteiger partial charge >= 0.3 is 0 Å². The van der Waals surface area contributed by atoms with Crippen LogP contribution in [0.1, 0.15) is 89.4 Å². The van der Waals surface area contributed by atoms with Gasteiger partial charge in [-0.2, -0.15) is 0 Å². The van der Waals surface area contributed by atoms with Crippen LogP contribution in [0.2, 0.25) is 0 Å². The first-order valence-corrected chi connectivity index (χ1v) is 16.4. The average molecular weight is 599 g/mol. The van der Waals surface area contributed by atoms with Crippen LogP contribution in [-0.2, 0) is 0 Å². The first-order valence-electron chi connectivity index (χ1n) is 16.4. The number of aliphatic hydroxyl groups excluding tert-OH is 2. The number of hydrogen-bond donors (Lipinski definition) is 4. The summed E-state index contributed by atoms with van der Waals surface area (Å²) in [6, 6.07) is 3.23. The number of phenols is 1. The molecule has 43 heavy (non-hydrogen) atoms. The number of methoxy groups -OCH3 is 2. The minimum absolute atomic E-state index is 0.0312. The summed E-state index contributed by atoms with van der Waals surface area (Å²) in [4.78, 5) is 15.9. The Bertz CT molecular complexity index is 1260. The van der Waals surface area contributed by atoms with Gasteiger partial charge in [-0.15, -0.1) is 0 Å². The van der Waals surface area contributed by atoms with Gasteiger partial charge in [-0.3, -0.25) is 4.79 Å². The third-order valence-electron chi connectivity index (χ3n) is 14.7. The number of aliphatic hydroxyl groups is 2. The summed E-state index contributed by atoms with van der Waals surface area (Å²) in [6.45, 7) is 9.50. The van der Waals surface area contributed by atoms with E-state index in [2.05, 4.69) is 52.0 Å². The summed E-state index contributed by atoms with van der Waals surface area (Å²) < 4.78 is 10.6. The van der Waals surface area contributed by atoms with E-state index in [1.807, 2.05) is 0 Å². The smallest absolute Gasteiger partial charge is 0.251 e. The number of amides is 1. The molecule has 0 bridgehead atoms. The number of carbonyl (C=O) groups excluding carboxylic acids is 1. The maximum Gasteiger partial charge on any atom is 0.251 e. The van der Waals surface area contributed by atoms with Crippen molar-refractivity contribution in [3.63, 3.8) is 0 Å². The van der Waals surface area contributed by atoms with Gasteiger partial charge in [0, 0.05) is 29.0 Å². The molecule has 0 saturated heterocycles. The molecule has 0 aliphatic heterocycles. The van der Waals surface area contributed by atoms with E-state index in [1.165, 1.54) is 39.2 Å². The van der Waals surface area contributed by atoms with Crippen molar-refractivity contribution in [3.05, 3.63) is 17.7 Å². The van der Waals surface area contributed by atoms with Gasteiger partial charge in [0.1, 0.15) is 0 Å². The lowest BCUT2D eigenvalue weighted by molar-refractivity contribution is -0.154. The van der Waals surface area contributed by atoms with Crippen LogP contribution in [0, 0.1) is 44.8 Å². The molecule has 5 aliphatic rings. The summed E-state index contributed by atoms with van der Waals surface area (Å²) >= 11 is 0. The minimum atomic E-state index is -0.438. The number of hydrogen-bond acceptors (Lipinski definition) is 7. The van der Waals surface area contributed by atoms with Gasteiger partial charge in [0.15, 0.2) is 11.5 Å². The van der Waals surface area contributed by atoms with Crippen molar-refractivity contribution in [2.24, 2.45) is 44.8 Å². The summed E-state index contributed by atoms with van der Waals surface area (Å²) in [7, 11) is 7.18. The van der Waals surface area contributed by atoms with Crippen molar-refractivity contribution >= 4 is 5.91 Å². The maximum absolute atomic E-state index is 13.6. The molecule has 2 spiro atoms. The van der Waals surface area contributed by atoms with Crippen LogP contribution in [0.25, 0.3) is 0 Å². The first kappa shape index (κ1) is 31.0. The number of nitrogens with one attached hydrogen (secondary N) is 1. The van der Waals surface area contributed by atoms with Crippen LogP contribution >= 0.6 is 0 Å². The molecule has 1 aromatic carbocycles. The van der Waals surface area contributed by atoms with Crippen molar-refractivity contribution in [2.75, 3.05) is 34.9 Å². The third-order valence-corrected chi connectivity index (χ3v) is 14.7. The zero-order valence-corrected chi connectivity index (χ0v) is 27.5. The van der Waals surface area contributed by atoms with Crippen LogP contribution in [0.3, 0.4) is 0 Å². The molecule has 11 atom stereocenters. The number of benzene rings is 1. The van der Waals surface area contributed by atoms with E-state index >= 15 is 0 Å². The normalized spacial score (nSPS) is 45.3. The highest BCUT2D eigenvalue weighted by molar-refractivity contribution is 5.95. The molecule has 8 nitrogen and oxygen atoms in total. The number of aromatic hydroxyl groups is 1. The van der Waals surface area contributed by atoms with E-state index in [-0.39, 0.29) is 69.5 Å². The van der Waals surface area contributed by atoms with Crippen LogP contribution in [0.5, 0.6) is 17.2 Å². The van der Waals surface area contributed by atoms with Gasteiger partial charge in [0.2, 0.25) is 5.75 Å².